The Hall–Kier alpha value is -0.380. The highest BCUT2D eigenvalue weighted by atomic mass is 35.5. The van der Waals surface area contributed by atoms with Gasteiger partial charge in [-0.3, -0.25) is 4.79 Å². The van der Waals surface area contributed by atoms with Crippen LogP contribution in [0.25, 0.3) is 0 Å². The summed E-state index contributed by atoms with van der Waals surface area (Å²) >= 11 is 15.6. The molecule has 1 aromatic rings. The lowest BCUT2D eigenvalue weighted by Crippen LogP contribution is -2.04. The Morgan fingerprint density at radius 2 is 2.00 bits per heavy atom. The normalized spacial score (nSPS) is 10.0. The van der Waals surface area contributed by atoms with Crippen molar-refractivity contribution in [1.29, 1.82) is 0 Å². The number of halogens is 2. The van der Waals surface area contributed by atoms with E-state index in [0.29, 0.717) is 15.8 Å². The summed E-state index contributed by atoms with van der Waals surface area (Å²) in [4.78, 5) is 11.5. The predicted octanol–water partition coefficient (Wildman–Crippen LogP) is 3.11. The van der Waals surface area contributed by atoms with Gasteiger partial charge in [-0.15, -0.1) is 0 Å². The molecule has 5 heteroatoms. The summed E-state index contributed by atoms with van der Waals surface area (Å²) in [6.07, 6.45) is 0. The lowest BCUT2D eigenvalue weighted by molar-refractivity contribution is 0.102. The molecule has 14 heavy (non-hydrogen) atoms. The van der Waals surface area contributed by atoms with Crippen molar-refractivity contribution in [1.82, 2.24) is 0 Å². The van der Waals surface area contributed by atoms with Gasteiger partial charge in [0.15, 0.2) is 5.78 Å². The van der Waals surface area contributed by atoms with Crippen LogP contribution in [0, 0.1) is 0 Å². The van der Waals surface area contributed by atoms with Crippen LogP contribution in [0.15, 0.2) is 12.1 Å². The van der Waals surface area contributed by atoms with Crippen molar-refractivity contribution in [3.63, 3.8) is 0 Å². The molecule has 0 atom stereocenters. The summed E-state index contributed by atoms with van der Waals surface area (Å²) < 4.78 is 5.01. The Bertz CT molecular complexity index is 366. The third-order valence-electron chi connectivity index (χ3n) is 1.69. The molecule has 0 bridgehead atoms. The summed E-state index contributed by atoms with van der Waals surface area (Å²) in [7, 11) is 1.44. The van der Waals surface area contributed by atoms with Crippen LogP contribution in [0.5, 0.6) is 5.75 Å². The average Bonchev–Trinajstić information content (AvgIpc) is 2.19. The number of carbonyl (C=O) groups excluding carboxylic acids is 1. The first-order valence-electron chi connectivity index (χ1n) is 3.77. The zero-order chi connectivity index (χ0) is 10.7. The number of methoxy groups -OCH3 is 1. The first kappa shape index (κ1) is 11.7. The third kappa shape index (κ3) is 2.16. The van der Waals surface area contributed by atoms with E-state index in [-0.39, 0.29) is 17.1 Å². The molecule has 0 amide bonds. The molecular weight excluding hydrogens is 243 g/mol. The standard InChI is InChI=1S/C9H8Cl2O2S/c1-13-9-6(11)3-2-5(10)8(9)7(12)4-14/h2-3,14H,4H2,1H3. The van der Waals surface area contributed by atoms with E-state index < -0.39 is 0 Å². The molecule has 0 aliphatic heterocycles. The minimum absolute atomic E-state index is 0.0659. The Morgan fingerprint density at radius 1 is 1.43 bits per heavy atom. The van der Waals surface area contributed by atoms with Gasteiger partial charge in [0.05, 0.1) is 28.5 Å². The number of benzene rings is 1. The van der Waals surface area contributed by atoms with E-state index >= 15 is 0 Å². The quantitative estimate of drug-likeness (QED) is 0.659. The number of ether oxygens (including phenoxy) is 1. The van der Waals surface area contributed by atoms with Crippen molar-refractivity contribution < 1.29 is 9.53 Å². The summed E-state index contributed by atoms with van der Waals surface area (Å²) in [6.45, 7) is 0. The molecule has 0 N–H and O–H groups in total. The van der Waals surface area contributed by atoms with Crippen molar-refractivity contribution in [2.75, 3.05) is 12.9 Å². The van der Waals surface area contributed by atoms with Gasteiger partial charge >= 0.3 is 0 Å². The second-order valence-electron chi connectivity index (χ2n) is 2.52. The van der Waals surface area contributed by atoms with Crippen LogP contribution in [0.4, 0.5) is 0 Å². The number of ketones is 1. The molecule has 1 aromatic carbocycles. The monoisotopic (exact) mass is 250 g/mol. The molecule has 0 radical (unpaired) electrons. The molecule has 0 saturated carbocycles. The maximum Gasteiger partial charge on any atom is 0.177 e. The highest BCUT2D eigenvalue weighted by molar-refractivity contribution is 7.81. The van der Waals surface area contributed by atoms with Crippen molar-refractivity contribution in [3.05, 3.63) is 27.7 Å². The fourth-order valence-corrected chi connectivity index (χ4v) is 1.72. The summed E-state index contributed by atoms with van der Waals surface area (Å²) in [5, 5.41) is 0.687. The van der Waals surface area contributed by atoms with E-state index in [1.165, 1.54) is 7.11 Å². The van der Waals surface area contributed by atoms with Crippen LogP contribution in [0.1, 0.15) is 10.4 Å². The highest BCUT2D eigenvalue weighted by Crippen LogP contribution is 2.34. The van der Waals surface area contributed by atoms with Crippen molar-refractivity contribution in [2.45, 2.75) is 0 Å². The second-order valence-corrected chi connectivity index (χ2v) is 3.65. The Morgan fingerprint density at radius 3 is 2.50 bits per heavy atom. The molecule has 0 aliphatic carbocycles. The number of carbonyl (C=O) groups is 1. The molecule has 1 rings (SSSR count). The highest BCUT2D eigenvalue weighted by Gasteiger charge is 2.17. The van der Waals surface area contributed by atoms with Crippen LogP contribution in [-0.4, -0.2) is 18.6 Å². The van der Waals surface area contributed by atoms with Gasteiger partial charge in [0.2, 0.25) is 0 Å². The summed E-state index contributed by atoms with van der Waals surface area (Å²) in [5.41, 5.74) is 0.289. The van der Waals surface area contributed by atoms with Crippen LogP contribution in [-0.2, 0) is 0 Å². The fourth-order valence-electron chi connectivity index (χ4n) is 1.07. The molecule has 0 spiro atoms. The first-order chi connectivity index (χ1) is 6.61. The van der Waals surface area contributed by atoms with E-state index in [2.05, 4.69) is 12.6 Å². The second kappa shape index (κ2) is 4.91. The predicted molar refractivity (Wildman–Crippen MR) is 61.2 cm³/mol. The summed E-state index contributed by atoms with van der Waals surface area (Å²) in [5.74, 6) is 0.159. The number of rotatable bonds is 3. The minimum atomic E-state index is -0.210. The van der Waals surface area contributed by atoms with Crippen molar-refractivity contribution in [2.24, 2.45) is 0 Å². The maximum atomic E-state index is 11.5. The van der Waals surface area contributed by atoms with Gasteiger partial charge in [0.25, 0.3) is 0 Å². The van der Waals surface area contributed by atoms with E-state index in [0.717, 1.165) is 0 Å². The SMILES string of the molecule is COc1c(Cl)ccc(Cl)c1C(=O)CS. The average molecular weight is 251 g/mol. The van der Waals surface area contributed by atoms with Gasteiger partial charge in [-0.25, -0.2) is 0 Å². The van der Waals surface area contributed by atoms with Gasteiger partial charge in [-0.2, -0.15) is 12.6 Å². The van der Waals surface area contributed by atoms with E-state index in [1.807, 2.05) is 0 Å². The molecule has 0 unspecified atom stereocenters. The van der Waals surface area contributed by atoms with Crippen LogP contribution >= 0.6 is 35.8 Å². The molecule has 0 aromatic heterocycles. The minimum Gasteiger partial charge on any atom is -0.494 e. The molecule has 0 saturated heterocycles. The van der Waals surface area contributed by atoms with E-state index in [4.69, 9.17) is 27.9 Å². The van der Waals surface area contributed by atoms with Crippen molar-refractivity contribution in [3.8, 4) is 5.75 Å². The maximum absolute atomic E-state index is 11.5. The third-order valence-corrected chi connectivity index (χ3v) is 2.59. The van der Waals surface area contributed by atoms with Gasteiger partial charge in [-0.05, 0) is 12.1 Å². The lowest BCUT2D eigenvalue weighted by Gasteiger charge is -2.09. The van der Waals surface area contributed by atoms with Gasteiger partial charge in [0, 0.05) is 0 Å². The van der Waals surface area contributed by atoms with E-state index in [9.17, 15) is 4.79 Å². The summed E-state index contributed by atoms with van der Waals surface area (Å²) in [6, 6.07) is 3.14. The first-order valence-corrected chi connectivity index (χ1v) is 5.16. The molecule has 0 fully saturated rings. The Labute approximate surface area is 97.6 Å². The van der Waals surface area contributed by atoms with Crippen LogP contribution in [0.3, 0.4) is 0 Å². The van der Waals surface area contributed by atoms with Crippen molar-refractivity contribution >= 4 is 41.6 Å². The Balaban J connectivity index is 3.37. The van der Waals surface area contributed by atoms with Gasteiger partial charge in [0.1, 0.15) is 5.75 Å². The molecule has 0 aliphatic rings. The number of thiol groups is 1. The lowest BCUT2D eigenvalue weighted by atomic mass is 10.1. The van der Waals surface area contributed by atoms with Gasteiger partial charge < -0.3 is 4.74 Å². The Kier molecular flexibility index (Phi) is 4.11. The zero-order valence-electron chi connectivity index (χ0n) is 7.38. The number of Topliss-reactive ketones (excluding diaryl/α,β-unsaturated/α-hetero) is 1. The topological polar surface area (TPSA) is 26.3 Å². The molecule has 0 heterocycles. The molecule has 2 nitrogen and oxygen atoms in total. The largest absolute Gasteiger partial charge is 0.494 e. The molecule has 76 valence electrons. The fraction of sp³-hybridized carbons (Fsp3) is 0.222. The zero-order valence-corrected chi connectivity index (χ0v) is 9.79. The number of hydrogen-bond donors (Lipinski definition) is 1. The van der Waals surface area contributed by atoms with Crippen LogP contribution < -0.4 is 4.74 Å². The molecular formula is C9H8Cl2O2S. The van der Waals surface area contributed by atoms with E-state index in [1.54, 1.807) is 12.1 Å². The van der Waals surface area contributed by atoms with Gasteiger partial charge in [-0.1, -0.05) is 23.2 Å². The van der Waals surface area contributed by atoms with Crippen LogP contribution in [0.2, 0.25) is 10.0 Å². The smallest absolute Gasteiger partial charge is 0.177 e. The number of hydrogen-bond acceptors (Lipinski definition) is 3.